The molecule has 0 rings (SSSR count). The molecule has 0 saturated carbocycles. The molecule has 0 aliphatic heterocycles. The summed E-state index contributed by atoms with van der Waals surface area (Å²) in [4.78, 5) is 0. The maximum Gasteiger partial charge on any atom is 0.0563 e. The molecule has 0 fully saturated rings. The number of aliphatic hydroxyl groups excluding tert-OH is 1. The van der Waals surface area contributed by atoms with E-state index in [0.29, 0.717) is 0 Å². The van der Waals surface area contributed by atoms with Crippen molar-refractivity contribution < 1.29 is 5.11 Å². The van der Waals surface area contributed by atoms with Gasteiger partial charge in [0.15, 0.2) is 0 Å². The van der Waals surface area contributed by atoms with Gasteiger partial charge in [-0.05, 0) is 32.6 Å². The molecular formula is C11H26N2O. The van der Waals surface area contributed by atoms with Crippen LogP contribution in [0.4, 0.5) is 0 Å². The molecule has 0 spiro atoms. The Balaban J connectivity index is 4.34. The second kappa shape index (κ2) is 4.60. The third-order valence-corrected chi connectivity index (χ3v) is 2.55. The molecule has 0 saturated heterocycles. The maximum absolute atomic E-state index is 9.64. The Hall–Kier alpha value is -0.120. The number of hydrogen-bond acceptors (Lipinski definition) is 3. The van der Waals surface area contributed by atoms with Gasteiger partial charge in [0, 0.05) is 19.6 Å². The van der Waals surface area contributed by atoms with Crippen LogP contribution in [0.25, 0.3) is 0 Å². The summed E-state index contributed by atoms with van der Waals surface area (Å²) in [5, 5.41) is 11.6. The summed E-state index contributed by atoms with van der Waals surface area (Å²) in [5.74, 6) is 0. The summed E-state index contributed by atoms with van der Waals surface area (Å²) < 4.78 is 0. The molecule has 2 N–H and O–H groups in total. The highest BCUT2D eigenvalue weighted by Gasteiger charge is 2.32. The van der Waals surface area contributed by atoms with Gasteiger partial charge in [0.25, 0.3) is 0 Å². The number of nitrogens with zero attached hydrogens (tertiary/aromatic N) is 1. The van der Waals surface area contributed by atoms with Gasteiger partial charge < -0.3 is 5.11 Å². The van der Waals surface area contributed by atoms with Gasteiger partial charge in [0.2, 0.25) is 0 Å². The van der Waals surface area contributed by atoms with E-state index >= 15 is 0 Å². The predicted octanol–water partition coefficient (Wildman–Crippen LogP) is 1.63. The highest BCUT2D eigenvalue weighted by Crippen LogP contribution is 2.31. The SMILES string of the molecule is CC(O)C(C)(C)CC(C)(C)NN(C)C. The monoisotopic (exact) mass is 202 g/mol. The largest absolute Gasteiger partial charge is 0.393 e. The van der Waals surface area contributed by atoms with E-state index in [2.05, 4.69) is 33.1 Å². The first-order valence-electron chi connectivity index (χ1n) is 5.20. The van der Waals surface area contributed by atoms with Crippen molar-refractivity contribution in [3.05, 3.63) is 0 Å². The summed E-state index contributed by atoms with van der Waals surface area (Å²) in [6, 6.07) is 0. The average molecular weight is 202 g/mol. The minimum atomic E-state index is -0.286. The predicted molar refractivity (Wildman–Crippen MR) is 61.0 cm³/mol. The summed E-state index contributed by atoms with van der Waals surface area (Å²) in [5.41, 5.74) is 3.29. The first-order valence-corrected chi connectivity index (χ1v) is 5.20. The molecule has 1 unspecified atom stereocenters. The molecule has 0 aliphatic carbocycles. The van der Waals surface area contributed by atoms with Crippen LogP contribution in [-0.2, 0) is 0 Å². The normalized spacial score (nSPS) is 16.1. The van der Waals surface area contributed by atoms with Gasteiger partial charge in [0.05, 0.1) is 6.10 Å². The molecule has 0 bridgehead atoms. The smallest absolute Gasteiger partial charge is 0.0563 e. The maximum atomic E-state index is 9.64. The molecule has 0 aromatic rings. The van der Waals surface area contributed by atoms with E-state index in [1.54, 1.807) is 0 Å². The first-order chi connectivity index (χ1) is 6.07. The Labute approximate surface area is 88.5 Å². The second-order valence-electron chi connectivity index (χ2n) is 5.73. The molecule has 3 nitrogen and oxygen atoms in total. The van der Waals surface area contributed by atoms with E-state index in [4.69, 9.17) is 0 Å². The minimum absolute atomic E-state index is 0.00396. The van der Waals surface area contributed by atoms with Gasteiger partial charge in [0.1, 0.15) is 0 Å². The zero-order valence-corrected chi connectivity index (χ0v) is 10.7. The van der Waals surface area contributed by atoms with Crippen molar-refractivity contribution in [3.8, 4) is 0 Å². The fraction of sp³-hybridized carbons (Fsp3) is 1.00. The zero-order chi connectivity index (χ0) is 11.6. The van der Waals surface area contributed by atoms with Gasteiger partial charge in [-0.15, -0.1) is 0 Å². The Bertz CT molecular complexity index is 174. The third kappa shape index (κ3) is 4.94. The average Bonchev–Trinajstić information content (AvgIpc) is 1.79. The van der Waals surface area contributed by atoms with Crippen LogP contribution in [-0.4, -0.2) is 35.9 Å². The van der Waals surface area contributed by atoms with Crippen molar-refractivity contribution in [1.29, 1.82) is 0 Å². The van der Waals surface area contributed by atoms with Gasteiger partial charge in [-0.2, -0.15) is 0 Å². The topological polar surface area (TPSA) is 35.5 Å². The first kappa shape index (κ1) is 13.9. The van der Waals surface area contributed by atoms with E-state index in [-0.39, 0.29) is 17.1 Å². The molecule has 0 amide bonds. The van der Waals surface area contributed by atoms with Crippen LogP contribution in [0.2, 0.25) is 0 Å². The van der Waals surface area contributed by atoms with E-state index in [1.807, 2.05) is 26.0 Å². The van der Waals surface area contributed by atoms with Crippen molar-refractivity contribution in [1.82, 2.24) is 10.4 Å². The highest BCUT2D eigenvalue weighted by atomic mass is 16.3. The standard InChI is InChI=1S/C11H26N2O/c1-9(14)10(2,3)8-11(4,5)12-13(6)7/h9,12,14H,8H2,1-7H3. The Morgan fingerprint density at radius 2 is 1.64 bits per heavy atom. The van der Waals surface area contributed by atoms with Crippen molar-refractivity contribution in [2.75, 3.05) is 14.1 Å². The highest BCUT2D eigenvalue weighted by molar-refractivity contribution is 4.86. The molecule has 0 aromatic carbocycles. The number of rotatable bonds is 5. The molecule has 1 atom stereocenters. The van der Waals surface area contributed by atoms with E-state index in [1.165, 1.54) is 0 Å². The van der Waals surface area contributed by atoms with Crippen LogP contribution in [0.15, 0.2) is 0 Å². The van der Waals surface area contributed by atoms with Crippen LogP contribution < -0.4 is 5.43 Å². The molecule has 0 aliphatic rings. The number of hydrogen-bond donors (Lipinski definition) is 2. The lowest BCUT2D eigenvalue weighted by atomic mass is 9.77. The van der Waals surface area contributed by atoms with E-state index in [9.17, 15) is 5.11 Å². The number of nitrogens with one attached hydrogen (secondary N) is 1. The lowest BCUT2D eigenvalue weighted by molar-refractivity contribution is 0.0270. The van der Waals surface area contributed by atoms with Crippen molar-refractivity contribution in [3.63, 3.8) is 0 Å². The lowest BCUT2D eigenvalue weighted by Crippen LogP contribution is -2.50. The van der Waals surface area contributed by atoms with Crippen LogP contribution in [0, 0.1) is 5.41 Å². The van der Waals surface area contributed by atoms with Gasteiger partial charge >= 0.3 is 0 Å². The second-order valence-corrected chi connectivity index (χ2v) is 5.73. The quantitative estimate of drug-likeness (QED) is 0.665. The summed E-state index contributed by atoms with van der Waals surface area (Å²) in [6.45, 7) is 10.3. The van der Waals surface area contributed by atoms with Crippen molar-refractivity contribution in [2.45, 2.75) is 52.7 Å². The molecule has 0 radical (unpaired) electrons. The van der Waals surface area contributed by atoms with Crippen molar-refractivity contribution >= 4 is 0 Å². The molecule has 0 aromatic heterocycles. The van der Waals surface area contributed by atoms with Crippen LogP contribution in [0.5, 0.6) is 0 Å². The van der Waals surface area contributed by atoms with Crippen LogP contribution in [0.3, 0.4) is 0 Å². The van der Waals surface area contributed by atoms with Crippen LogP contribution >= 0.6 is 0 Å². The lowest BCUT2D eigenvalue weighted by Gasteiger charge is -2.39. The minimum Gasteiger partial charge on any atom is -0.393 e. The summed E-state index contributed by atoms with van der Waals surface area (Å²) in [6.07, 6.45) is 0.640. The Kier molecular flexibility index (Phi) is 4.56. The van der Waals surface area contributed by atoms with Gasteiger partial charge in [-0.25, -0.2) is 0 Å². The number of hydrazine groups is 1. The summed E-state index contributed by atoms with van der Waals surface area (Å²) >= 11 is 0. The van der Waals surface area contributed by atoms with Gasteiger partial charge in [-0.1, -0.05) is 13.8 Å². The molecule has 3 heteroatoms. The van der Waals surface area contributed by atoms with E-state index < -0.39 is 0 Å². The molecule has 14 heavy (non-hydrogen) atoms. The third-order valence-electron chi connectivity index (χ3n) is 2.55. The fourth-order valence-electron chi connectivity index (χ4n) is 1.93. The Morgan fingerprint density at radius 3 is 1.93 bits per heavy atom. The number of aliphatic hydroxyl groups is 1. The zero-order valence-electron chi connectivity index (χ0n) is 10.7. The molecule has 86 valence electrons. The van der Waals surface area contributed by atoms with Crippen molar-refractivity contribution in [2.24, 2.45) is 5.41 Å². The summed E-state index contributed by atoms with van der Waals surface area (Å²) in [7, 11) is 3.97. The molecular weight excluding hydrogens is 176 g/mol. The van der Waals surface area contributed by atoms with Gasteiger partial charge in [-0.3, -0.25) is 10.4 Å². The Morgan fingerprint density at radius 1 is 1.21 bits per heavy atom. The van der Waals surface area contributed by atoms with E-state index in [0.717, 1.165) is 6.42 Å². The van der Waals surface area contributed by atoms with Crippen LogP contribution in [0.1, 0.15) is 41.0 Å². The molecule has 0 heterocycles. The fourth-order valence-corrected chi connectivity index (χ4v) is 1.93.